The number of hydrogen-bond acceptors (Lipinski definition) is 2. The Balaban J connectivity index is 2.13. The Morgan fingerprint density at radius 3 is 2.46 bits per heavy atom. The van der Waals surface area contributed by atoms with Crippen LogP contribution in [0.4, 0.5) is 0 Å². The van der Waals surface area contributed by atoms with Gasteiger partial charge in [0.1, 0.15) is 0 Å². The minimum absolute atomic E-state index is 0.423. The van der Waals surface area contributed by atoms with Crippen molar-refractivity contribution in [3.63, 3.8) is 0 Å². The summed E-state index contributed by atoms with van der Waals surface area (Å²) in [6.07, 6.45) is 1.13. The molecule has 1 heterocycles. The van der Waals surface area contributed by atoms with Crippen molar-refractivity contribution < 1.29 is 0 Å². The Labute approximate surface area is 83.3 Å². The van der Waals surface area contributed by atoms with Gasteiger partial charge in [-0.1, -0.05) is 23.7 Å². The van der Waals surface area contributed by atoms with E-state index in [4.69, 9.17) is 11.6 Å². The van der Waals surface area contributed by atoms with E-state index in [0.29, 0.717) is 12.1 Å². The van der Waals surface area contributed by atoms with Crippen LogP contribution in [0.1, 0.15) is 24.9 Å². The summed E-state index contributed by atoms with van der Waals surface area (Å²) in [5.41, 5.74) is 7.74. The molecule has 0 spiro atoms. The SMILES string of the molecule is CC1CC(c2ccc(Cl)cc2)NN1. The van der Waals surface area contributed by atoms with Crippen LogP contribution >= 0.6 is 11.6 Å². The van der Waals surface area contributed by atoms with Gasteiger partial charge in [0.15, 0.2) is 0 Å². The van der Waals surface area contributed by atoms with Crippen molar-refractivity contribution in [2.75, 3.05) is 0 Å². The molecule has 70 valence electrons. The highest BCUT2D eigenvalue weighted by Gasteiger charge is 2.20. The maximum Gasteiger partial charge on any atom is 0.0477 e. The first-order valence-electron chi connectivity index (χ1n) is 4.52. The molecular weight excluding hydrogens is 184 g/mol. The van der Waals surface area contributed by atoms with Gasteiger partial charge in [-0.25, -0.2) is 0 Å². The summed E-state index contributed by atoms with van der Waals surface area (Å²) in [4.78, 5) is 0. The summed E-state index contributed by atoms with van der Waals surface area (Å²) in [7, 11) is 0. The first kappa shape index (κ1) is 9.00. The number of hydrogen-bond donors (Lipinski definition) is 2. The molecule has 1 aromatic carbocycles. The molecule has 0 aliphatic carbocycles. The standard InChI is InChI=1S/C10H13ClN2/c1-7-6-10(13-12-7)8-2-4-9(11)5-3-8/h2-5,7,10,12-13H,6H2,1H3. The lowest BCUT2D eigenvalue weighted by Crippen LogP contribution is -2.28. The monoisotopic (exact) mass is 196 g/mol. The van der Waals surface area contributed by atoms with Gasteiger partial charge in [0.2, 0.25) is 0 Å². The summed E-state index contributed by atoms with van der Waals surface area (Å²) >= 11 is 5.81. The van der Waals surface area contributed by atoms with Crippen LogP contribution in [0.15, 0.2) is 24.3 Å². The molecule has 1 aromatic rings. The van der Waals surface area contributed by atoms with Crippen molar-refractivity contribution in [2.24, 2.45) is 0 Å². The quantitative estimate of drug-likeness (QED) is 0.720. The first-order chi connectivity index (χ1) is 6.25. The van der Waals surface area contributed by atoms with E-state index in [1.165, 1.54) is 5.56 Å². The lowest BCUT2D eigenvalue weighted by atomic mass is 10.0. The van der Waals surface area contributed by atoms with E-state index in [1.54, 1.807) is 0 Å². The first-order valence-corrected chi connectivity index (χ1v) is 4.90. The zero-order chi connectivity index (χ0) is 9.26. The molecular formula is C10H13ClN2. The summed E-state index contributed by atoms with van der Waals surface area (Å²) in [5, 5.41) is 0.794. The molecule has 2 unspecified atom stereocenters. The Kier molecular flexibility index (Phi) is 2.54. The molecule has 13 heavy (non-hydrogen) atoms. The molecule has 3 heteroatoms. The van der Waals surface area contributed by atoms with Gasteiger partial charge in [0.25, 0.3) is 0 Å². The smallest absolute Gasteiger partial charge is 0.0477 e. The van der Waals surface area contributed by atoms with Crippen molar-refractivity contribution in [1.82, 2.24) is 10.9 Å². The Bertz CT molecular complexity index is 283. The van der Waals surface area contributed by atoms with Gasteiger partial charge in [-0.05, 0) is 31.0 Å². The van der Waals surface area contributed by atoms with Gasteiger partial charge in [-0.3, -0.25) is 10.9 Å². The van der Waals surface area contributed by atoms with E-state index >= 15 is 0 Å². The minimum atomic E-state index is 0.423. The van der Waals surface area contributed by atoms with Gasteiger partial charge in [0.05, 0.1) is 0 Å². The molecule has 1 saturated heterocycles. The van der Waals surface area contributed by atoms with E-state index in [-0.39, 0.29) is 0 Å². The van der Waals surface area contributed by atoms with Crippen LogP contribution in [-0.2, 0) is 0 Å². The van der Waals surface area contributed by atoms with E-state index in [1.807, 2.05) is 12.1 Å². The molecule has 0 aromatic heterocycles. The number of rotatable bonds is 1. The van der Waals surface area contributed by atoms with E-state index in [2.05, 4.69) is 29.9 Å². The van der Waals surface area contributed by atoms with Gasteiger partial charge >= 0.3 is 0 Å². The number of benzene rings is 1. The van der Waals surface area contributed by atoms with Crippen LogP contribution in [0.2, 0.25) is 5.02 Å². The highest BCUT2D eigenvalue weighted by molar-refractivity contribution is 6.30. The van der Waals surface area contributed by atoms with Crippen LogP contribution in [0, 0.1) is 0 Å². The van der Waals surface area contributed by atoms with Gasteiger partial charge in [-0.2, -0.15) is 0 Å². The molecule has 1 fully saturated rings. The Morgan fingerprint density at radius 2 is 1.92 bits per heavy atom. The Morgan fingerprint density at radius 1 is 1.23 bits per heavy atom. The second-order valence-electron chi connectivity index (χ2n) is 3.53. The topological polar surface area (TPSA) is 24.1 Å². The zero-order valence-corrected chi connectivity index (χ0v) is 8.31. The molecule has 2 nitrogen and oxygen atoms in total. The van der Waals surface area contributed by atoms with Crippen molar-refractivity contribution in [3.05, 3.63) is 34.9 Å². The highest BCUT2D eigenvalue weighted by atomic mass is 35.5. The number of hydrazine groups is 1. The predicted molar refractivity (Wildman–Crippen MR) is 54.5 cm³/mol. The van der Waals surface area contributed by atoms with Crippen molar-refractivity contribution in [2.45, 2.75) is 25.4 Å². The van der Waals surface area contributed by atoms with Crippen LogP contribution in [0.25, 0.3) is 0 Å². The second-order valence-corrected chi connectivity index (χ2v) is 3.97. The largest absolute Gasteiger partial charge is 0.254 e. The molecule has 2 rings (SSSR count). The fourth-order valence-corrected chi connectivity index (χ4v) is 1.75. The van der Waals surface area contributed by atoms with Crippen LogP contribution < -0.4 is 10.9 Å². The second kappa shape index (κ2) is 3.66. The maximum absolute atomic E-state index is 5.81. The van der Waals surface area contributed by atoms with Crippen LogP contribution in [-0.4, -0.2) is 6.04 Å². The van der Waals surface area contributed by atoms with Gasteiger partial charge in [-0.15, -0.1) is 0 Å². The highest BCUT2D eigenvalue weighted by Crippen LogP contribution is 2.22. The van der Waals surface area contributed by atoms with Crippen molar-refractivity contribution in [1.29, 1.82) is 0 Å². The third kappa shape index (κ3) is 2.02. The van der Waals surface area contributed by atoms with Crippen molar-refractivity contribution in [3.8, 4) is 0 Å². The number of nitrogens with one attached hydrogen (secondary N) is 2. The molecule has 1 aliphatic heterocycles. The summed E-state index contributed by atoms with van der Waals surface area (Å²) in [6, 6.07) is 8.97. The fraction of sp³-hybridized carbons (Fsp3) is 0.400. The van der Waals surface area contributed by atoms with E-state index < -0.39 is 0 Å². The van der Waals surface area contributed by atoms with E-state index in [0.717, 1.165) is 11.4 Å². The predicted octanol–water partition coefficient (Wildman–Crippen LogP) is 2.27. The average molecular weight is 197 g/mol. The lowest BCUT2D eigenvalue weighted by Gasteiger charge is -2.08. The van der Waals surface area contributed by atoms with Crippen LogP contribution in [0.5, 0.6) is 0 Å². The van der Waals surface area contributed by atoms with Gasteiger partial charge < -0.3 is 0 Å². The third-order valence-corrected chi connectivity index (χ3v) is 2.62. The summed E-state index contributed by atoms with van der Waals surface area (Å²) in [5.74, 6) is 0. The average Bonchev–Trinajstić information content (AvgIpc) is 2.53. The molecule has 2 N–H and O–H groups in total. The molecule has 0 amide bonds. The zero-order valence-electron chi connectivity index (χ0n) is 7.55. The normalized spacial score (nSPS) is 27.8. The molecule has 0 saturated carbocycles. The molecule has 2 atom stereocenters. The van der Waals surface area contributed by atoms with Crippen molar-refractivity contribution >= 4 is 11.6 Å². The minimum Gasteiger partial charge on any atom is -0.254 e. The maximum atomic E-state index is 5.81. The third-order valence-electron chi connectivity index (χ3n) is 2.37. The molecule has 0 radical (unpaired) electrons. The van der Waals surface area contributed by atoms with E-state index in [9.17, 15) is 0 Å². The number of halogens is 1. The fourth-order valence-electron chi connectivity index (χ4n) is 1.63. The van der Waals surface area contributed by atoms with Crippen LogP contribution in [0.3, 0.4) is 0 Å². The summed E-state index contributed by atoms with van der Waals surface area (Å²) < 4.78 is 0. The Hall–Kier alpha value is -0.570. The molecule has 0 bridgehead atoms. The van der Waals surface area contributed by atoms with Gasteiger partial charge in [0, 0.05) is 17.1 Å². The molecule has 1 aliphatic rings. The lowest BCUT2D eigenvalue weighted by molar-refractivity contribution is 0.560. The summed E-state index contributed by atoms with van der Waals surface area (Å²) in [6.45, 7) is 2.17.